The molecule has 4 rings (SSSR count). The molecule has 2 N–H and O–H groups in total. The number of nitrogens with zero attached hydrogens (tertiary/aromatic N) is 2. The average molecular weight is 329 g/mol. The second-order valence-corrected chi connectivity index (χ2v) is 6.65. The smallest absolute Gasteiger partial charge is 0.201 e. The largest absolute Gasteiger partial charge is 0.494 e. The van der Waals surface area contributed by atoms with Crippen LogP contribution in [0, 0.1) is 0 Å². The van der Waals surface area contributed by atoms with Gasteiger partial charge in [0, 0.05) is 17.1 Å². The first-order chi connectivity index (χ1) is 11.6. The molecule has 2 aliphatic heterocycles. The molecule has 0 saturated carbocycles. The van der Waals surface area contributed by atoms with Crippen molar-refractivity contribution in [1.82, 2.24) is 4.57 Å². The van der Waals surface area contributed by atoms with E-state index in [1.807, 2.05) is 4.57 Å². The zero-order valence-electron chi connectivity index (χ0n) is 14.1. The van der Waals surface area contributed by atoms with Gasteiger partial charge in [-0.25, -0.2) is 0 Å². The number of hydrogen-bond acceptors (Lipinski definition) is 5. The molecule has 6 nitrogen and oxygen atoms in total. The van der Waals surface area contributed by atoms with Crippen molar-refractivity contribution in [3.8, 4) is 5.88 Å². The Morgan fingerprint density at radius 3 is 2.75 bits per heavy atom. The highest BCUT2D eigenvalue weighted by atomic mass is 16.5. The average Bonchev–Trinajstić information content (AvgIpc) is 2.83. The van der Waals surface area contributed by atoms with Crippen molar-refractivity contribution in [2.45, 2.75) is 25.9 Å². The predicted molar refractivity (Wildman–Crippen MR) is 94.4 cm³/mol. The highest BCUT2D eigenvalue weighted by molar-refractivity contribution is 6.14. The van der Waals surface area contributed by atoms with Crippen LogP contribution in [0.2, 0.25) is 0 Å². The molecular formula is C18H23N3O3. The molecule has 0 aliphatic carbocycles. The van der Waals surface area contributed by atoms with Crippen LogP contribution in [0.1, 0.15) is 25.5 Å². The van der Waals surface area contributed by atoms with Crippen molar-refractivity contribution in [3.63, 3.8) is 0 Å². The van der Waals surface area contributed by atoms with E-state index in [1.54, 1.807) is 0 Å². The second-order valence-electron chi connectivity index (χ2n) is 6.65. The molecule has 1 aromatic carbocycles. The van der Waals surface area contributed by atoms with Crippen LogP contribution in [0.4, 0.5) is 5.69 Å². The maximum Gasteiger partial charge on any atom is 0.201 e. The van der Waals surface area contributed by atoms with E-state index >= 15 is 0 Å². The van der Waals surface area contributed by atoms with Crippen LogP contribution in [0.15, 0.2) is 23.2 Å². The minimum atomic E-state index is 0.158. The highest BCUT2D eigenvalue weighted by Gasteiger charge is 2.24. The van der Waals surface area contributed by atoms with Gasteiger partial charge in [0.2, 0.25) is 5.88 Å². The molecule has 1 fully saturated rings. The fraction of sp³-hybridized carbons (Fsp3) is 0.500. The van der Waals surface area contributed by atoms with E-state index in [9.17, 15) is 5.11 Å². The first-order valence-electron chi connectivity index (χ1n) is 8.48. The van der Waals surface area contributed by atoms with Gasteiger partial charge in [0.25, 0.3) is 0 Å². The fourth-order valence-electron chi connectivity index (χ4n) is 3.36. The Morgan fingerprint density at radius 2 is 2.12 bits per heavy atom. The summed E-state index contributed by atoms with van der Waals surface area (Å²) >= 11 is 0. The third kappa shape index (κ3) is 2.56. The van der Waals surface area contributed by atoms with E-state index in [1.165, 1.54) is 0 Å². The van der Waals surface area contributed by atoms with Crippen LogP contribution in [-0.4, -0.2) is 54.4 Å². The van der Waals surface area contributed by atoms with Crippen LogP contribution in [0.5, 0.6) is 5.88 Å². The molecule has 6 heteroatoms. The first kappa shape index (κ1) is 15.5. The summed E-state index contributed by atoms with van der Waals surface area (Å²) in [6, 6.07) is 6.73. The van der Waals surface area contributed by atoms with Crippen LogP contribution in [-0.2, 0) is 9.47 Å². The van der Waals surface area contributed by atoms with E-state index < -0.39 is 0 Å². The van der Waals surface area contributed by atoms with Gasteiger partial charge in [-0.15, -0.1) is 0 Å². The van der Waals surface area contributed by atoms with Gasteiger partial charge in [-0.2, -0.15) is 0 Å². The van der Waals surface area contributed by atoms with Crippen molar-refractivity contribution in [1.29, 1.82) is 0 Å². The normalized spacial score (nSPS) is 18.7. The summed E-state index contributed by atoms with van der Waals surface area (Å²) in [6.07, 6.45) is 0. The number of rotatable bonds is 4. The minimum Gasteiger partial charge on any atom is -0.494 e. The number of fused-ring (bicyclic) bond motifs is 1. The summed E-state index contributed by atoms with van der Waals surface area (Å²) in [5.74, 6) is 0.272. The molecule has 0 spiro atoms. The lowest BCUT2D eigenvalue weighted by Gasteiger charge is -2.27. The van der Waals surface area contributed by atoms with E-state index in [0.29, 0.717) is 25.8 Å². The molecule has 0 unspecified atom stereocenters. The molecule has 1 saturated heterocycles. The number of nitrogens with one attached hydrogen (secondary N) is 1. The van der Waals surface area contributed by atoms with Crippen LogP contribution < -0.4 is 5.32 Å². The van der Waals surface area contributed by atoms with Crippen LogP contribution in [0.3, 0.4) is 0 Å². The molecule has 0 bridgehead atoms. The van der Waals surface area contributed by atoms with Crippen molar-refractivity contribution < 1.29 is 14.6 Å². The minimum absolute atomic E-state index is 0.158. The SMILES string of the molecule is CC(C)n1c(O)c(C2=NCCOC2)c2cc(NC3COC3)ccc21. The van der Waals surface area contributed by atoms with Gasteiger partial charge in [-0.05, 0) is 32.0 Å². The number of benzene rings is 1. The number of ether oxygens (including phenoxy) is 2. The van der Waals surface area contributed by atoms with Gasteiger partial charge in [-0.1, -0.05) is 0 Å². The summed E-state index contributed by atoms with van der Waals surface area (Å²) in [5.41, 5.74) is 3.68. The van der Waals surface area contributed by atoms with Crippen molar-refractivity contribution in [3.05, 3.63) is 23.8 Å². The number of aromatic nitrogens is 1. The van der Waals surface area contributed by atoms with Crippen molar-refractivity contribution in [2.24, 2.45) is 4.99 Å². The molecule has 24 heavy (non-hydrogen) atoms. The summed E-state index contributed by atoms with van der Waals surface area (Å²) in [6.45, 7) is 7.34. The first-order valence-corrected chi connectivity index (χ1v) is 8.48. The molecule has 0 radical (unpaired) electrons. The standard InChI is InChI=1S/C18H23N3O3/c1-11(2)21-16-4-3-12(20-13-8-24-9-13)7-14(16)17(18(21)22)15-10-23-6-5-19-15/h3-4,7,11,13,20,22H,5-6,8-10H2,1-2H3. The molecule has 128 valence electrons. The van der Waals surface area contributed by atoms with Crippen LogP contribution >= 0.6 is 0 Å². The molecule has 2 aliphatic rings. The molecule has 1 aromatic heterocycles. The number of aromatic hydroxyl groups is 1. The van der Waals surface area contributed by atoms with Crippen molar-refractivity contribution >= 4 is 22.3 Å². The second kappa shape index (κ2) is 6.11. The van der Waals surface area contributed by atoms with Gasteiger partial charge in [0.15, 0.2) is 0 Å². The lowest BCUT2D eigenvalue weighted by atomic mass is 10.1. The van der Waals surface area contributed by atoms with E-state index in [0.717, 1.165) is 41.1 Å². The summed E-state index contributed by atoms with van der Waals surface area (Å²) in [7, 11) is 0. The number of anilines is 1. The zero-order valence-corrected chi connectivity index (χ0v) is 14.1. The summed E-state index contributed by atoms with van der Waals surface area (Å²) in [4.78, 5) is 4.58. The third-order valence-electron chi connectivity index (χ3n) is 4.57. The lowest BCUT2D eigenvalue weighted by Crippen LogP contribution is -2.40. The Bertz CT molecular complexity index is 790. The Hall–Kier alpha value is -2.05. The van der Waals surface area contributed by atoms with E-state index in [-0.39, 0.29) is 11.9 Å². The summed E-state index contributed by atoms with van der Waals surface area (Å²) in [5, 5.41) is 15.3. The number of hydrogen-bond donors (Lipinski definition) is 2. The van der Waals surface area contributed by atoms with E-state index in [4.69, 9.17) is 9.47 Å². The predicted octanol–water partition coefficient (Wildman–Crippen LogP) is 2.56. The molecule has 0 amide bonds. The Kier molecular flexibility index (Phi) is 3.94. The third-order valence-corrected chi connectivity index (χ3v) is 4.57. The molecule has 0 atom stereocenters. The molecule has 3 heterocycles. The molecule has 2 aromatic rings. The summed E-state index contributed by atoms with van der Waals surface area (Å²) < 4.78 is 12.7. The monoisotopic (exact) mass is 329 g/mol. The number of aliphatic imine (C=N–C) groups is 1. The van der Waals surface area contributed by atoms with Crippen LogP contribution in [0.25, 0.3) is 10.9 Å². The maximum absolute atomic E-state index is 10.9. The van der Waals surface area contributed by atoms with Gasteiger partial charge in [-0.3, -0.25) is 4.99 Å². The topological polar surface area (TPSA) is 68.0 Å². The van der Waals surface area contributed by atoms with Gasteiger partial charge in [0.05, 0.1) is 55.8 Å². The Labute approximate surface area is 141 Å². The van der Waals surface area contributed by atoms with Gasteiger partial charge < -0.3 is 24.5 Å². The maximum atomic E-state index is 10.9. The van der Waals surface area contributed by atoms with E-state index in [2.05, 4.69) is 42.4 Å². The van der Waals surface area contributed by atoms with Gasteiger partial charge >= 0.3 is 0 Å². The lowest BCUT2D eigenvalue weighted by molar-refractivity contribution is 0.0211. The molecular weight excluding hydrogens is 306 g/mol. The van der Waals surface area contributed by atoms with Gasteiger partial charge in [0.1, 0.15) is 0 Å². The fourth-order valence-corrected chi connectivity index (χ4v) is 3.36. The quantitative estimate of drug-likeness (QED) is 0.904. The Morgan fingerprint density at radius 1 is 1.29 bits per heavy atom. The highest BCUT2D eigenvalue weighted by Crippen LogP contribution is 2.36. The zero-order chi connectivity index (χ0) is 16.7. The Balaban J connectivity index is 1.85. The van der Waals surface area contributed by atoms with Crippen molar-refractivity contribution in [2.75, 3.05) is 38.3 Å².